The van der Waals surface area contributed by atoms with Gasteiger partial charge in [0.2, 0.25) is 11.8 Å². The van der Waals surface area contributed by atoms with Gasteiger partial charge in [0, 0.05) is 31.4 Å². The highest BCUT2D eigenvalue weighted by molar-refractivity contribution is 5.85. The minimum Gasteiger partial charge on any atom is -0.347 e. The normalized spacial score (nSPS) is 11.9. The number of rotatable bonds is 9. The number of carbonyl (C=O) groups is 2. The van der Waals surface area contributed by atoms with Crippen LogP contribution in [0.5, 0.6) is 0 Å². The number of nitrogens with one attached hydrogen (secondary N) is 2. The first-order chi connectivity index (χ1) is 13.0. The number of pyridine rings is 1. The topological polar surface area (TPSA) is 74.3 Å². The number of hydrogen-bond acceptors (Lipinski definition) is 4. The van der Waals surface area contributed by atoms with Crippen molar-refractivity contribution in [2.24, 2.45) is 0 Å². The lowest BCUT2D eigenvalue weighted by molar-refractivity contribution is -0.134. The molecular weight excluding hydrogens is 340 g/mol. The van der Waals surface area contributed by atoms with Gasteiger partial charge in [0.15, 0.2) is 0 Å². The Labute approximate surface area is 161 Å². The van der Waals surface area contributed by atoms with Gasteiger partial charge in [0.1, 0.15) is 0 Å². The van der Waals surface area contributed by atoms with Crippen molar-refractivity contribution >= 4 is 11.8 Å². The zero-order valence-corrected chi connectivity index (χ0v) is 16.2. The molecule has 0 aliphatic heterocycles. The van der Waals surface area contributed by atoms with Gasteiger partial charge in [0.05, 0.1) is 19.1 Å². The molecule has 2 rings (SSSR count). The third-order valence-corrected chi connectivity index (χ3v) is 4.14. The molecule has 0 aliphatic carbocycles. The molecule has 2 N–H and O–H groups in total. The second-order valence-electron chi connectivity index (χ2n) is 6.84. The Hall–Kier alpha value is -2.73. The maximum Gasteiger partial charge on any atom is 0.240 e. The van der Waals surface area contributed by atoms with Crippen LogP contribution in [0.15, 0.2) is 54.7 Å². The van der Waals surface area contributed by atoms with E-state index in [4.69, 9.17) is 0 Å². The van der Waals surface area contributed by atoms with Crippen LogP contribution >= 0.6 is 0 Å². The van der Waals surface area contributed by atoms with Crippen LogP contribution in [0.3, 0.4) is 0 Å². The zero-order chi connectivity index (χ0) is 19.6. The average molecular weight is 368 g/mol. The first kappa shape index (κ1) is 20.6. The van der Waals surface area contributed by atoms with Crippen molar-refractivity contribution < 1.29 is 9.59 Å². The molecule has 1 aromatic heterocycles. The van der Waals surface area contributed by atoms with E-state index in [2.05, 4.69) is 15.6 Å². The van der Waals surface area contributed by atoms with E-state index in [1.54, 1.807) is 13.2 Å². The van der Waals surface area contributed by atoms with Crippen molar-refractivity contribution in [1.29, 1.82) is 0 Å². The number of carbonyl (C=O) groups excluding carboxylic acids is 2. The van der Waals surface area contributed by atoms with Gasteiger partial charge in [-0.05, 0) is 17.7 Å². The van der Waals surface area contributed by atoms with Crippen LogP contribution in [-0.4, -0.2) is 47.9 Å². The first-order valence-corrected chi connectivity index (χ1v) is 9.17. The predicted molar refractivity (Wildman–Crippen MR) is 106 cm³/mol. The lowest BCUT2D eigenvalue weighted by Gasteiger charge is -2.22. The van der Waals surface area contributed by atoms with E-state index in [0.717, 1.165) is 11.3 Å². The van der Waals surface area contributed by atoms with Gasteiger partial charge < -0.3 is 15.5 Å². The summed E-state index contributed by atoms with van der Waals surface area (Å²) < 4.78 is 0. The highest BCUT2D eigenvalue weighted by atomic mass is 16.2. The highest BCUT2D eigenvalue weighted by Crippen LogP contribution is 2.17. The fraction of sp³-hybridized carbons (Fsp3) is 0.381. The van der Waals surface area contributed by atoms with Crippen LogP contribution in [0.25, 0.3) is 0 Å². The van der Waals surface area contributed by atoms with E-state index in [1.165, 1.54) is 4.90 Å². The molecule has 1 atom stereocenters. The van der Waals surface area contributed by atoms with Crippen LogP contribution in [0.4, 0.5) is 0 Å². The third-order valence-electron chi connectivity index (χ3n) is 4.14. The van der Waals surface area contributed by atoms with E-state index < -0.39 is 0 Å². The number of amides is 2. The van der Waals surface area contributed by atoms with E-state index in [-0.39, 0.29) is 37.0 Å². The van der Waals surface area contributed by atoms with Crippen molar-refractivity contribution in [3.8, 4) is 0 Å². The Balaban J connectivity index is 1.99. The van der Waals surface area contributed by atoms with Gasteiger partial charge in [-0.15, -0.1) is 0 Å². The molecule has 0 saturated heterocycles. The number of benzene rings is 1. The van der Waals surface area contributed by atoms with E-state index in [1.807, 2.05) is 62.4 Å². The summed E-state index contributed by atoms with van der Waals surface area (Å²) in [6, 6.07) is 15.5. The Morgan fingerprint density at radius 1 is 1.07 bits per heavy atom. The van der Waals surface area contributed by atoms with Crippen LogP contribution < -0.4 is 10.6 Å². The number of likely N-dealkylation sites (N-methyl/N-ethyl adjacent to an activating group) is 1. The van der Waals surface area contributed by atoms with Gasteiger partial charge in [-0.3, -0.25) is 14.6 Å². The number of nitrogens with zero attached hydrogens (tertiary/aromatic N) is 2. The molecule has 0 bridgehead atoms. The standard InChI is InChI=1S/C21H28N4O2/c1-16(2)23-14-21(27)25(3)15-20(26)24-19(17-9-5-4-6-10-17)13-18-11-7-8-12-22-18/h4-12,16,19,23H,13-15H2,1-3H3,(H,24,26). The molecule has 2 amide bonds. The Bertz CT molecular complexity index is 719. The summed E-state index contributed by atoms with van der Waals surface area (Å²) in [5, 5.41) is 6.11. The van der Waals surface area contributed by atoms with Crippen molar-refractivity contribution in [3.63, 3.8) is 0 Å². The van der Waals surface area contributed by atoms with Crippen molar-refractivity contribution in [2.75, 3.05) is 20.1 Å². The molecule has 0 radical (unpaired) electrons. The zero-order valence-electron chi connectivity index (χ0n) is 16.2. The Kier molecular flexibility index (Phi) is 7.95. The van der Waals surface area contributed by atoms with Crippen molar-refractivity contribution in [2.45, 2.75) is 32.4 Å². The molecule has 2 aromatic rings. The van der Waals surface area contributed by atoms with Gasteiger partial charge in [-0.1, -0.05) is 50.2 Å². The van der Waals surface area contributed by atoms with Crippen LogP contribution in [0, 0.1) is 0 Å². The average Bonchev–Trinajstić information content (AvgIpc) is 2.67. The molecule has 6 nitrogen and oxygen atoms in total. The molecule has 6 heteroatoms. The maximum absolute atomic E-state index is 12.5. The SMILES string of the molecule is CC(C)NCC(=O)N(C)CC(=O)NC(Cc1ccccn1)c1ccccc1. The summed E-state index contributed by atoms with van der Waals surface area (Å²) in [6.45, 7) is 4.19. The molecule has 1 aromatic carbocycles. The second-order valence-corrected chi connectivity index (χ2v) is 6.84. The van der Waals surface area contributed by atoms with Gasteiger partial charge in [0.25, 0.3) is 0 Å². The summed E-state index contributed by atoms with van der Waals surface area (Å²) in [4.78, 5) is 30.4. The molecule has 0 saturated carbocycles. The van der Waals surface area contributed by atoms with E-state index in [0.29, 0.717) is 6.42 Å². The predicted octanol–water partition coefficient (Wildman–Crippen LogP) is 1.94. The largest absolute Gasteiger partial charge is 0.347 e. The van der Waals surface area contributed by atoms with E-state index in [9.17, 15) is 9.59 Å². The summed E-state index contributed by atoms with van der Waals surface area (Å²) in [6.07, 6.45) is 2.33. The van der Waals surface area contributed by atoms with Crippen LogP contribution in [0.2, 0.25) is 0 Å². The van der Waals surface area contributed by atoms with Gasteiger partial charge >= 0.3 is 0 Å². The van der Waals surface area contributed by atoms with Gasteiger partial charge in [-0.25, -0.2) is 0 Å². The van der Waals surface area contributed by atoms with Crippen molar-refractivity contribution in [3.05, 3.63) is 66.0 Å². The Morgan fingerprint density at radius 3 is 2.41 bits per heavy atom. The minimum atomic E-state index is -0.203. The molecule has 0 spiro atoms. The quantitative estimate of drug-likeness (QED) is 0.709. The lowest BCUT2D eigenvalue weighted by atomic mass is 10.0. The molecular formula is C21H28N4O2. The molecule has 1 unspecified atom stereocenters. The van der Waals surface area contributed by atoms with E-state index >= 15 is 0 Å². The summed E-state index contributed by atoms with van der Waals surface area (Å²) in [7, 11) is 1.64. The number of aromatic nitrogens is 1. The summed E-state index contributed by atoms with van der Waals surface area (Å²) in [5.41, 5.74) is 1.91. The highest BCUT2D eigenvalue weighted by Gasteiger charge is 2.18. The molecule has 0 fully saturated rings. The molecule has 144 valence electrons. The fourth-order valence-electron chi connectivity index (χ4n) is 2.64. The summed E-state index contributed by atoms with van der Waals surface area (Å²) >= 11 is 0. The second kappa shape index (κ2) is 10.4. The minimum absolute atomic E-state index is 0.0180. The maximum atomic E-state index is 12.5. The smallest absolute Gasteiger partial charge is 0.240 e. The third kappa shape index (κ3) is 7.19. The Morgan fingerprint density at radius 2 is 1.78 bits per heavy atom. The molecule has 1 heterocycles. The fourth-order valence-corrected chi connectivity index (χ4v) is 2.64. The van der Waals surface area contributed by atoms with Crippen molar-refractivity contribution in [1.82, 2.24) is 20.5 Å². The summed E-state index contributed by atoms with van der Waals surface area (Å²) in [5.74, 6) is -0.306. The van der Waals surface area contributed by atoms with Crippen LogP contribution in [0.1, 0.15) is 31.1 Å². The first-order valence-electron chi connectivity index (χ1n) is 9.17. The van der Waals surface area contributed by atoms with Crippen LogP contribution in [-0.2, 0) is 16.0 Å². The molecule has 27 heavy (non-hydrogen) atoms. The molecule has 0 aliphatic rings. The van der Waals surface area contributed by atoms with Gasteiger partial charge in [-0.2, -0.15) is 0 Å². The number of hydrogen-bond donors (Lipinski definition) is 2. The monoisotopic (exact) mass is 368 g/mol. The lowest BCUT2D eigenvalue weighted by Crippen LogP contribution is -2.44.